The van der Waals surface area contributed by atoms with E-state index in [1.807, 2.05) is 6.07 Å². The molecule has 1 heterocycles. The van der Waals surface area contributed by atoms with Gasteiger partial charge in [-0.25, -0.2) is 0 Å². The predicted octanol–water partition coefficient (Wildman–Crippen LogP) is 3.37. The second-order valence-corrected chi connectivity index (χ2v) is 6.16. The highest BCUT2D eigenvalue weighted by atomic mass is 35.5. The smallest absolute Gasteiger partial charge is 0.233 e. The molecule has 6 nitrogen and oxygen atoms in total. The minimum Gasteiger partial charge on any atom is -0.454 e. The lowest BCUT2D eigenvalue weighted by atomic mass is 10.2. The van der Waals surface area contributed by atoms with Crippen LogP contribution in [0.15, 0.2) is 36.4 Å². The lowest BCUT2D eigenvalue weighted by molar-refractivity contribution is -0.126. The van der Waals surface area contributed by atoms with Gasteiger partial charge >= 0.3 is 0 Å². The van der Waals surface area contributed by atoms with E-state index >= 15 is 0 Å². The van der Waals surface area contributed by atoms with Crippen molar-refractivity contribution in [1.82, 2.24) is 5.32 Å². The lowest BCUT2D eigenvalue weighted by Crippen LogP contribution is -2.27. The second kappa shape index (κ2) is 7.63. The van der Waals surface area contributed by atoms with E-state index in [9.17, 15) is 9.59 Å². The van der Waals surface area contributed by atoms with Gasteiger partial charge in [0.15, 0.2) is 11.5 Å². The molecule has 0 bridgehead atoms. The maximum absolute atomic E-state index is 11.9. The molecule has 0 radical (unpaired) electrons. The van der Waals surface area contributed by atoms with Gasteiger partial charge in [0, 0.05) is 11.6 Å². The Bertz CT molecular complexity index is 826. The molecule has 0 fully saturated rings. The summed E-state index contributed by atoms with van der Waals surface area (Å²) in [5.41, 5.74) is 1.21. The number of rotatable bonds is 5. The highest BCUT2D eigenvalue weighted by molar-refractivity contribution is 6.35. The summed E-state index contributed by atoms with van der Waals surface area (Å²) in [6.45, 7) is 0.470. The third-order valence-electron chi connectivity index (χ3n) is 3.45. The lowest BCUT2D eigenvalue weighted by Gasteiger charge is -2.09. The highest BCUT2D eigenvalue weighted by Gasteiger charge is 2.15. The normalized spacial score (nSPS) is 11.9. The molecular weight excluding hydrogens is 367 g/mol. The van der Waals surface area contributed by atoms with Gasteiger partial charge in [0.05, 0.1) is 10.7 Å². The summed E-state index contributed by atoms with van der Waals surface area (Å²) in [5.74, 6) is 0.425. The van der Waals surface area contributed by atoms with Crippen molar-refractivity contribution in [3.05, 3.63) is 52.0 Å². The standard InChI is InChI=1S/C17H14Cl2N2O4/c18-11-2-3-12(19)13(6-11)21-17(23)7-16(22)20-8-10-1-4-14-15(5-10)25-9-24-14/h1-6H,7-9H2,(H,20,22)(H,21,23). The van der Waals surface area contributed by atoms with Crippen LogP contribution in [0.25, 0.3) is 0 Å². The van der Waals surface area contributed by atoms with Crippen LogP contribution in [-0.2, 0) is 16.1 Å². The average molecular weight is 381 g/mol. The van der Waals surface area contributed by atoms with Crippen LogP contribution in [0.1, 0.15) is 12.0 Å². The Morgan fingerprint density at radius 2 is 1.80 bits per heavy atom. The molecule has 0 spiro atoms. The van der Waals surface area contributed by atoms with E-state index < -0.39 is 11.8 Å². The van der Waals surface area contributed by atoms with Gasteiger partial charge in [-0.3, -0.25) is 9.59 Å². The monoisotopic (exact) mass is 380 g/mol. The molecule has 0 atom stereocenters. The van der Waals surface area contributed by atoms with Crippen LogP contribution < -0.4 is 20.1 Å². The molecule has 0 saturated carbocycles. The SMILES string of the molecule is O=C(CC(=O)Nc1cc(Cl)ccc1Cl)NCc1ccc2c(c1)OCO2. The van der Waals surface area contributed by atoms with Gasteiger partial charge in [0.1, 0.15) is 6.42 Å². The predicted molar refractivity (Wildman–Crippen MR) is 94.1 cm³/mol. The number of benzene rings is 2. The van der Waals surface area contributed by atoms with Gasteiger partial charge in [-0.2, -0.15) is 0 Å². The van der Waals surface area contributed by atoms with Crippen molar-refractivity contribution >= 4 is 40.7 Å². The maximum Gasteiger partial charge on any atom is 0.233 e. The van der Waals surface area contributed by atoms with Gasteiger partial charge in [-0.05, 0) is 35.9 Å². The number of carbonyl (C=O) groups excluding carboxylic acids is 2. The minimum absolute atomic E-state index is 0.192. The van der Waals surface area contributed by atoms with E-state index in [1.165, 1.54) is 6.07 Å². The van der Waals surface area contributed by atoms with Crippen LogP contribution >= 0.6 is 23.2 Å². The van der Waals surface area contributed by atoms with E-state index in [1.54, 1.807) is 24.3 Å². The van der Waals surface area contributed by atoms with E-state index in [0.717, 1.165) is 5.56 Å². The number of anilines is 1. The van der Waals surface area contributed by atoms with Crippen molar-refractivity contribution in [3.8, 4) is 11.5 Å². The van der Waals surface area contributed by atoms with Crippen molar-refractivity contribution in [1.29, 1.82) is 0 Å². The van der Waals surface area contributed by atoms with Gasteiger partial charge < -0.3 is 20.1 Å². The Morgan fingerprint density at radius 3 is 2.64 bits per heavy atom. The number of halogens is 2. The largest absolute Gasteiger partial charge is 0.454 e. The number of ether oxygens (including phenoxy) is 2. The van der Waals surface area contributed by atoms with Crippen molar-refractivity contribution in [3.63, 3.8) is 0 Å². The first-order valence-electron chi connectivity index (χ1n) is 7.41. The first kappa shape index (κ1) is 17.4. The highest BCUT2D eigenvalue weighted by Crippen LogP contribution is 2.32. The number of hydrogen-bond acceptors (Lipinski definition) is 4. The zero-order valence-electron chi connectivity index (χ0n) is 13.0. The van der Waals surface area contributed by atoms with Crippen LogP contribution in [0.4, 0.5) is 5.69 Å². The summed E-state index contributed by atoms with van der Waals surface area (Å²) >= 11 is 11.8. The molecular formula is C17H14Cl2N2O4. The van der Waals surface area contributed by atoms with Crippen LogP contribution in [0.5, 0.6) is 11.5 Å². The van der Waals surface area contributed by atoms with Gasteiger partial charge in [0.2, 0.25) is 18.6 Å². The molecule has 25 heavy (non-hydrogen) atoms. The quantitative estimate of drug-likeness (QED) is 0.779. The van der Waals surface area contributed by atoms with E-state index in [-0.39, 0.29) is 19.8 Å². The fraction of sp³-hybridized carbons (Fsp3) is 0.176. The Hall–Kier alpha value is -2.44. The van der Waals surface area contributed by atoms with E-state index in [2.05, 4.69) is 10.6 Å². The molecule has 8 heteroatoms. The summed E-state index contributed by atoms with van der Waals surface area (Å²) in [7, 11) is 0. The third kappa shape index (κ3) is 4.55. The number of fused-ring (bicyclic) bond motifs is 1. The Morgan fingerprint density at radius 1 is 1.00 bits per heavy atom. The minimum atomic E-state index is -0.479. The summed E-state index contributed by atoms with van der Waals surface area (Å²) in [6.07, 6.45) is -0.326. The Labute approximate surface area is 154 Å². The molecule has 2 amide bonds. The van der Waals surface area contributed by atoms with Crippen molar-refractivity contribution in [2.24, 2.45) is 0 Å². The summed E-state index contributed by atoms with van der Waals surface area (Å²) in [4.78, 5) is 23.9. The molecule has 2 aromatic rings. The number of amides is 2. The van der Waals surface area contributed by atoms with Crippen LogP contribution in [0.2, 0.25) is 10.0 Å². The maximum atomic E-state index is 11.9. The second-order valence-electron chi connectivity index (χ2n) is 5.31. The molecule has 0 saturated heterocycles. The summed E-state index contributed by atoms with van der Waals surface area (Å²) < 4.78 is 10.5. The van der Waals surface area contributed by atoms with Gasteiger partial charge in [0.25, 0.3) is 0 Å². The molecule has 3 rings (SSSR count). The number of nitrogens with one attached hydrogen (secondary N) is 2. The summed E-state index contributed by atoms with van der Waals surface area (Å²) in [6, 6.07) is 10.1. The summed E-state index contributed by atoms with van der Waals surface area (Å²) in [5, 5.41) is 6.02. The zero-order valence-corrected chi connectivity index (χ0v) is 14.5. The van der Waals surface area contributed by atoms with Crippen molar-refractivity contribution in [2.75, 3.05) is 12.1 Å². The molecule has 0 aliphatic carbocycles. The number of hydrogen-bond donors (Lipinski definition) is 2. The Balaban J connectivity index is 1.50. The topological polar surface area (TPSA) is 76.7 Å². The van der Waals surface area contributed by atoms with Crippen molar-refractivity contribution in [2.45, 2.75) is 13.0 Å². The van der Waals surface area contributed by atoms with Crippen LogP contribution in [-0.4, -0.2) is 18.6 Å². The molecule has 0 unspecified atom stereocenters. The third-order valence-corrected chi connectivity index (χ3v) is 4.01. The Kier molecular flexibility index (Phi) is 5.31. The van der Waals surface area contributed by atoms with E-state index in [4.69, 9.17) is 32.7 Å². The zero-order chi connectivity index (χ0) is 17.8. The molecule has 1 aliphatic heterocycles. The van der Waals surface area contributed by atoms with Crippen LogP contribution in [0.3, 0.4) is 0 Å². The molecule has 1 aliphatic rings. The van der Waals surface area contributed by atoms with Gasteiger partial charge in [-0.1, -0.05) is 29.3 Å². The molecule has 0 aromatic heterocycles. The number of carbonyl (C=O) groups is 2. The fourth-order valence-corrected chi connectivity index (χ4v) is 2.58. The first-order chi connectivity index (χ1) is 12.0. The average Bonchev–Trinajstić information content (AvgIpc) is 3.04. The molecule has 2 N–H and O–H groups in total. The first-order valence-corrected chi connectivity index (χ1v) is 8.17. The van der Waals surface area contributed by atoms with Crippen LogP contribution in [0, 0.1) is 0 Å². The molecule has 130 valence electrons. The fourth-order valence-electron chi connectivity index (χ4n) is 2.25. The van der Waals surface area contributed by atoms with E-state index in [0.29, 0.717) is 27.2 Å². The van der Waals surface area contributed by atoms with Gasteiger partial charge in [-0.15, -0.1) is 0 Å². The van der Waals surface area contributed by atoms with Crippen molar-refractivity contribution < 1.29 is 19.1 Å². The molecule has 2 aromatic carbocycles.